The van der Waals surface area contributed by atoms with Gasteiger partial charge in [0.25, 0.3) is 0 Å². The van der Waals surface area contributed by atoms with Gasteiger partial charge in [-0.15, -0.1) is 0 Å². The Balaban J connectivity index is 1.24. The first-order valence-electron chi connectivity index (χ1n) is 14.2. The predicted molar refractivity (Wildman–Crippen MR) is 174 cm³/mol. The molecule has 2 heterocycles. The van der Waals surface area contributed by atoms with Crippen LogP contribution in [0.5, 0.6) is 0 Å². The third-order valence-electron chi connectivity index (χ3n) is 7.63. The molecule has 0 saturated carbocycles. The van der Waals surface area contributed by atoms with Gasteiger partial charge in [0.1, 0.15) is 5.82 Å². The van der Waals surface area contributed by atoms with E-state index in [1.807, 2.05) is 72.8 Å². The number of aromatic nitrogens is 5. The Morgan fingerprint density at radius 3 is 1.49 bits per heavy atom. The van der Waals surface area contributed by atoms with Gasteiger partial charge in [0, 0.05) is 27.9 Å². The number of benzene rings is 6. The van der Waals surface area contributed by atoms with Gasteiger partial charge < -0.3 is 0 Å². The highest BCUT2D eigenvalue weighted by Crippen LogP contribution is 2.32. The summed E-state index contributed by atoms with van der Waals surface area (Å²) in [6.45, 7) is 0. The molecule has 0 N–H and O–H groups in total. The molecule has 0 fully saturated rings. The molecule has 0 radical (unpaired) electrons. The third kappa shape index (κ3) is 4.63. The standard InChI is InChI=1S/C38H25N5/c1-4-12-26(13-5-1)35-40-36(27-14-6-2-7-15-27)42-37(41-35)30-22-20-29-25-31(23-21-28(29)24-30)38-39-33-18-10-11-19-34(33)43(38)32-16-8-3-9-17-32/h1-25H. The van der Waals surface area contributed by atoms with Crippen molar-refractivity contribution in [2.24, 2.45) is 0 Å². The number of para-hydroxylation sites is 3. The zero-order chi connectivity index (χ0) is 28.6. The summed E-state index contributed by atoms with van der Waals surface area (Å²) in [6, 6.07) is 51.6. The fourth-order valence-corrected chi connectivity index (χ4v) is 5.52. The van der Waals surface area contributed by atoms with Crippen LogP contribution in [0.25, 0.3) is 73.0 Å². The second kappa shape index (κ2) is 10.5. The molecule has 6 aromatic carbocycles. The quantitative estimate of drug-likeness (QED) is 0.214. The summed E-state index contributed by atoms with van der Waals surface area (Å²) in [5.74, 6) is 2.86. The van der Waals surface area contributed by atoms with E-state index in [-0.39, 0.29) is 0 Å². The van der Waals surface area contributed by atoms with Crippen LogP contribution in [-0.2, 0) is 0 Å². The lowest BCUT2D eigenvalue weighted by Crippen LogP contribution is -2.00. The molecule has 5 nitrogen and oxygen atoms in total. The van der Waals surface area contributed by atoms with Gasteiger partial charge in [0.15, 0.2) is 17.5 Å². The molecule has 0 unspecified atom stereocenters. The van der Waals surface area contributed by atoms with Crippen molar-refractivity contribution in [3.8, 4) is 51.2 Å². The Kier molecular flexibility index (Phi) is 6.05. The molecule has 0 atom stereocenters. The van der Waals surface area contributed by atoms with Crippen LogP contribution in [0.15, 0.2) is 152 Å². The van der Waals surface area contributed by atoms with Crippen molar-refractivity contribution in [2.45, 2.75) is 0 Å². The summed E-state index contributed by atoms with van der Waals surface area (Å²) in [5.41, 5.74) is 7.03. The molecular weight excluding hydrogens is 526 g/mol. The first-order chi connectivity index (χ1) is 21.3. The third-order valence-corrected chi connectivity index (χ3v) is 7.63. The summed E-state index contributed by atoms with van der Waals surface area (Å²) in [6.07, 6.45) is 0. The smallest absolute Gasteiger partial charge is 0.164 e. The van der Waals surface area contributed by atoms with Gasteiger partial charge >= 0.3 is 0 Å². The highest BCUT2D eigenvalue weighted by Gasteiger charge is 2.16. The molecule has 0 aliphatic carbocycles. The fourth-order valence-electron chi connectivity index (χ4n) is 5.52. The molecule has 202 valence electrons. The van der Waals surface area contributed by atoms with E-state index in [1.165, 1.54) is 0 Å². The van der Waals surface area contributed by atoms with E-state index in [2.05, 4.69) is 83.4 Å². The SMILES string of the molecule is c1ccc(-c2nc(-c3ccccc3)nc(-c3ccc4cc(-c5nc6ccccc6n5-c5ccccc5)ccc4c3)n2)cc1. The molecule has 5 heteroatoms. The monoisotopic (exact) mass is 551 g/mol. The van der Waals surface area contributed by atoms with E-state index in [9.17, 15) is 0 Å². The molecule has 0 aliphatic rings. The maximum atomic E-state index is 5.04. The molecule has 0 bridgehead atoms. The maximum Gasteiger partial charge on any atom is 0.164 e. The Labute approximate surface area is 248 Å². The van der Waals surface area contributed by atoms with Crippen molar-refractivity contribution in [1.29, 1.82) is 0 Å². The summed E-state index contributed by atoms with van der Waals surface area (Å²) < 4.78 is 2.23. The molecule has 0 aliphatic heterocycles. The van der Waals surface area contributed by atoms with Gasteiger partial charge in [-0.05, 0) is 47.2 Å². The molecule has 8 rings (SSSR count). The Morgan fingerprint density at radius 1 is 0.372 bits per heavy atom. The molecule has 43 heavy (non-hydrogen) atoms. The number of hydrogen-bond acceptors (Lipinski definition) is 4. The van der Waals surface area contributed by atoms with E-state index < -0.39 is 0 Å². The Hall–Kier alpha value is -5.94. The number of hydrogen-bond donors (Lipinski definition) is 0. The number of nitrogens with zero attached hydrogens (tertiary/aromatic N) is 5. The number of imidazole rings is 1. The van der Waals surface area contributed by atoms with Crippen molar-refractivity contribution in [2.75, 3.05) is 0 Å². The Morgan fingerprint density at radius 2 is 0.860 bits per heavy atom. The summed E-state index contributed by atoms with van der Waals surface area (Å²) >= 11 is 0. The van der Waals surface area contributed by atoms with E-state index >= 15 is 0 Å². The topological polar surface area (TPSA) is 56.5 Å². The first-order valence-corrected chi connectivity index (χ1v) is 14.2. The molecule has 8 aromatic rings. The van der Waals surface area contributed by atoms with Gasteiger partial charge in [-0.25, -0.2) is 19.9 Å². The average molecular weight is 552 g/mol. The Bertz CT molecular complexity index is 2170. The van der Waals surface area contributed by atoms with Gasteiger partial charge in [0.05, 0.1) is 11.0 Å². The maximum absolute atomic E-state index is 5.04. The van der Waals surface area contributed by atoms with Gasteiger partial charge in [-0.1, -0.05) is 115 Å². The van der Waals surface area contributed by atoms with Gasteiger partial charge in [0.2, 0.25) is 0 Å². The average Bonchev–Trinajstić information content (AvgIpc) is 3.48. The molecule has 0 saturated heterocycles. The van der Waals surface area contributed by atoms with Crippen LogP contribution in [0.1, 0.15) is 0 Å². The molecular formula is C38H25N5. The number of fused-ring (bicyclic) bond motifs is 2. The van der Waals surface area contributed by atoms with Crippen molar-refractivity contribution in [1.82, 2.24) is 24.5 Å². The second-order valence-electron chi connectivity index (χ2n) is 10.4. The summed E-state index contributed by atoms with van der Waals surface area (Å²) in [7, 11) is 0. The lowest BCUT2D eigenvalue weighted by molar-refractivity contribution is 1.07. The van der Waals surface area contributed by atoms with E-state index in [1.54, 1.807) is 0 Å². The van der Waals surface area contributed by atoms with Crippen LogP contribution in [0, 0.1) is 0 Å². The minimum absolute atomic E-state index is 0.643. The van der Waals surface area contributed by atoms with Crippen LogP contribution < -0.4 is 0 Å². The van der Waals surface area contributed by atoms with Crippen LogP contribution in [0.4, 0.5) is 0 Å². The molecule has 0 spiro atoms. The van der Waals surface area contributed by atoms with Crippen LogP contribution in [0.3, 0.4) is 0 Å². The van der Waals surface area contributed by atoms with Crippen LogP contribution in [-0.4, -0.2) is 24.5 Å². The minimum atomic E-state index is 0.643. The van der Waals surface area contributed by atoms with Crippen molar-refractivity contribution in [3.05, 3.63) is 152 Å². The fraction of sp³-hybridized carbons (Fsp3) is 0. The van der Waals surface area contributed by atoms with E-state index in [0.717, 1.165) is 55.6 Å². The predicted octanol–water partition coefficient (Wildman–Crippen LogP) is 9.03. The normalized spacial score (nSPS) is 11.3. The van der Waals surface area contributed by atoms with Crippen molar-refractivity contribution in [3.63, 3.8) is 0 Å². The summed E-state index contributed by atoms with van der Waals surface area (Å²) in [5, 5.41) is 2.22. The zero-order valence-corrected chi connectivity index (χ0v) is 23.2. The second-order valence-corrected chi connectivity index (χ2v) is 10.4. The number of rotatable bonds is 5. The van der Waals surface area contributed by atoms with E-state index in [4.69, 9.17) is 19.9 Å². The summed E-state index contributed by atoms with van der Waals surface area (Å²) in [4.78, 5) is 19.7. The van der Waals surface area contributed by atoms with Gasteiger partial charge in [-0.2, -0.15) is 0 Å². The van der Waals surface area contributed by atoms with E-state index in [0.29, 0.717) is 17.5 Å². The van der Waals surface area contributed by atoms with Crippen LogP contribution in [0.2, 0.25) is 0 Å². The van der Waals surface area contributed by atoms with Crippen LogP contribution >= 0.6 is 0 Å². The van der Waals surface area contributed by atoms with Crippen molar-refractivity contribution >= 4 is 21.8 Å². The first kappa shape index (κ1) is 24.8. The highest BCUT2D eigenvalue weighted by atomic mass is 15.1. The molecule has 0 amide bonds. The largest absolute Gasteiger partial charge is 0.292 e. The lowest BCUT2D eigenvalue weighted by Gasteiger charge is -2.11. The minimum Gasteiger partial charge on any atom is -0.292 e. The van der Waals surface area contributed by atoms with Crippen molar-refractivity contribution < 1.29 is 0 Å². The molecule has 2 aromatic heterocycles. The van der Waals surface area contributed by atoms with Gasteiger partial charge in [-0.3, -0.25) is 4.57 Å². The zero-order valence-electron chi connectivity index (χ0n) is 23.2. The highest BCUT2D eigenvalue weighted by molar-refractivity contribution is 5.91. The lowest BCUT2D eigenvalue weighted by atomic mass is 10.0.